The molecule has 1 aliphatic heterocycles. The van der Waals surface area contributed by atoms with Gasteiger partial charge < -0.3 is 24.8 Å². The highest BCUT2D eigenvalue weighted by Crippen LogP contribution is 2.34. The zero-order valence-electron chi connectivity index (χ0n) is 18.0. The minimum Gasteiger partial charge on any atom is -0.496 e. The standard InChI is InChI=1S/C21H34N4O3.HI/c1-6-11-25-12-8-16(9-13-25)24-21(22-2)23-10-7-18-19(27-4)14-17(26-3)15-20(18)28-5;/h6,14-16H,1,7-13H2,2-5H3,(H2,22,23,24);1H. The molecule has 0 spiro atoms. The third kappa shape index (κ3) is 7.58. The molecule has 29 heavy (non-hydrogen) atoms. The van der Waals surface area contributed by atoms with Crippen LogP contribution in [0, 0.1) is 0 Å². The number of rotatable bonds is 9. The van der Waals surface area contributed by atoms with E-state index in [9.17, 15) is 0 Å². The quantitative estimate of drug-likeness (QED) is 0.227. The van der Waals surface area contributed by atoms with Gasteiger partial charge in [0.1, 0.15) is 17.2 Å². The maximum atomic E-state index is 5.52. The summed E-state index contributed by atoms with van der Waals surface area (Å²) in [5.41, 5.74) is 1.01. The Bertz CT molecular complexity index is 636. The molecule has 1 aromatic rings. The van der Waals surface area contributed by atoms with Crippen molar-refractivity contribution in [3.05, 3.63) is 30.4 Å². The number of likely N-dealkylation sites (tertiary alicyclic amines) is 1. The summed E-state index contributed by atoms with van der Waals surface area (Å²) in [5.74, 6) is 3.06. The predicted octanol–water partition coefficient (Wildman–Crippen LogP) is 2.69. The van der Waals surface area contributed by atoms with Crippen LogP contribution in [0.25, 0.3) is 0 Å². The first-order valence-electron chi connectivity index (χ1n) is 9.74. The van der Waals surface area contributed by atoms with Gasteiger partial charge in [0.15, 0.2) is 5.96 Å². The average Bonchev–Trinajstić information content (AvgIpc) is 2.74. The van der Waals surface area contributed by atoms with Crippen LogP contribution in [0.1, 0.15) is 18.4 Å². The van der Waals surface area contributed by atoms with Gasteiger partial charge in [0.25, 0.3) is 0 Å². The monoisotopic (exact) mass is 518 g/mol. The van der Waals surface area contributed by atoms with E-state index in [1.165, 1.54) is 0 Å². The summed E-state index contributed by atoms with van der Waals surface area (Å²) in [4.78, 5) is 6.78. The normalized spacial score (nSPS) is 15.2. The highest BCUT2D eigenvalue weighted by molar-refractivity contribution is 14.0. The molecule has 1 saturated heterocycles. The Balaban J connectivity index is 0.00000420. The van der Waals surface area contributed by atoms with Gasteiger partial charge in [-0.1, -0.05) is 6.08 Å². The maximum absolute atomic E-state index is 5.52. The predicted molar refractivity (Wildman–Crippen MR) is 129 cm³/mol. The number of aliphatic imine (C=N–C) groups is 1. The van der Waals surface area contributed by atoms with Crippen LogP contribution in [0.15, 0.2) is 29.8 Å². The van der Waals surface area contributed by atoms with Crippen molar-refractivity contribution in [2.24, 2.45) is 4.99 Å². The van der Waals surface area contributed by atoms with Crippen molar-refractivity contribution in [2.75, 3.05) is 54.6 Å². The lowest BCUT2D eigenvalue weighted by atomic mass is 10.1. The van der Waals surface area contributed by atoms with Crippen LogP contribution in [0.4, 0.5) is 0 Å². The number of methoxy groups -OCH3 is 3. The highest BCUT2D eigenvalue weighted by Gasteiger charge is 2.19. The summed E-state index contributed by atoms with van der Waals surface area (Å²) in [6.45, 7) is 7.67. The van der Waals surface area contributed by atoms with E-state index in [4.69, 9.17) is 14.2 Å². The molecule has 1 heterocycles. The fourth-order valence-corrected chi connectivity index (χ4v) is 3.46. The minimum absolute atomic E-state index is 0. The van der Waals surface area contributed by atoms with Crippen molar-refractivity contribution in [1.29, 1.82) is 0 Å². The zero-order chi connectivity index (χ0) is 20.4. The summed E-state index contributed by atoms with van der Waals surface area (Å²) in [6, 6.07) is 4.20. The Morgan fingerprint density at radius 1 is 1.17 bits per heavy atom. The highest BCUT2D eigenvalue weighted by atomic mass is 127. The van der Waals surface area contributed by atoms with Gasteiger partial charge in [-0.3, -0.25) is 9.89 Å². The molecule has 1 aliphatic rings. The summed E-state index contributed by atoms with van der Waals surface area (Å²) in [5, 5.41) is 6.93. The van der Waals surface area contributed by atoms with Crippen molar-refractivity contribution in [1.82, 2.24) is 15.5 Å². The lowest BCUT2D eigenvalue weighted by Crippen LogP contribution is -2.49. The molecule has 1 aromatic carbocycles. The molecule has 7 nitrogen and oxygen atoms in total. The summed E-state index contributed by atoms with van der Waals surface area (Å²) in [6.07, 6.45) is 4.92. The van der Waals surface area contributed by atoms with E-state index in [2.05, 4.69) is 27.1 Å². The van der Waals surface area contributed by atoms with Gasteiger partial charge in [0, 0.05) is 57.0 Å². The molecule has 0 amide bonds. The summed E-state index contributed by atoms with van der Waals surface area (Å²) < 4.78 is 16.3. The van der Waals surface area contributed by atoms with Gasteiger partial charge >= 0.3 is 0 Å². The molecule has 0 aromatic heterocycles. The molecule has 0 radical (unpaired) electrons. The molecular formula is C21H35IN4O3. The largest absolute Gasteiger partial charge is 0.496 e. The van der Waals surface area contributed by atoms with Crippen LogP contribution < -0.4 is 24.8 Å². The fourth-order valence-electron chi connectivity index (χ4n) is 3.46. The number of hydrogen-bond acceptors (Lipinski definition) is 5. The summed E-state index contributed by atoms with van der Waals surface area (Å²) >= 11 is 0. The number of nitrogens with zero attached hydrogens (tertiary/aromatic N) is 2. The van der Waals surface area contributed by atoms with Crippen LogP contribution in [-0.4, -0.2) is 71.5 Å². The second kappa shape index (κ2) is 13.5. The van der Waals surface area contributed by atoms with Crippen LogP contribution in [0.3, 0.4) is 0 Å². The fraction of sp³-hybridized carbons (Fsp3) is 0.571. The first-order chi connectivity index (χ1) is 13.6. The maximum Gasteiger partial charge on any atom is 0.191 e. The molecule has 2 rings (SSSR count). The number of halogens is 1. The van der Waals surface area contributed by atoms with Crippen molar-refractivity contribution < 1.29 is 14.2 Å². The SMILES string of the molecule is C=CCN1CCC(NC(=NC)NCCc2c(OC)cc(OC)cc2OC)CC1.I. The first kappa shape index (κ1) is 25.4. The number of nitrogens with one attached hydrogen (secondary N) is 2. The topological polar surface area (TPSA) is 67.4 Å². The third-order valence-electron chi connectivity index (χ3n) is 5.02. The average molecular weight is 518 g/mol. The number of benzene rings is 1. The van der Waals surface area contributed by atoms with Gasteiger partial charge in [-0.25, -0.2) is 0 Å². The van der Waals surface area contributed by atoms with Crippen molar-refractivity contribution in [3.63, 3.8) is 0 Å². The molecular weight excluding hydrogens is 483 g/mol. The third-order valence-corrected chi connectivity index (χ3v) is 5.02. The summed E-state index contributed by atoms with van der Waals surface area (Å²) in [7, 11) is 6.75. The second-order valence-corrected chi connectivity index (χ2v) is 6.77. The molecule has 0 bridgehead atoms. The van der Waals surface area contributed by atoms with E-state index in [-0.39, 0.29) is 24.0 Å². The Kier molecular flexibility index (Phi) is 11.8. The van der Waals surface area contributed by atoms with Gasteiger partial charge in [-0.2, -0.15) is 0 Å². The van der Waals surface area contributed by atoms with E-state index in [0.29, 0.717) is 18.3 Å². The van der Waals surface area contributed by atoms with E-state index in [1.54, 1.807) is 28.4 Å². The Morgan fingerprint density at radius 3 is 2.28 bits per heavy atom. The molecule has 0 aliphatic carbocycles. The van der Waals surface area contributed by atoms with Crippen molar-refractivity contribution in [2.45, 2.75) is 25.3 Å². The van der Waals surface area contributed by atoms with E-state index >= 15 is 0 Å². The number of piperidine rings is 1. The van der Waals surface area contributed by atoms with Crippen LogP contribution >= 0.6 is 24.0 Å². The zero-order valence-corrected chi connectivity index (χ0v) is 20.3. The van der Waals surface area contributed by atoms with Crippen molar-refractivity contribution >= 4 is 29.9 Å². The van der Waals surface area contributed by atoms with E-state index in [1.807, 2.05) is 18.2 Å². The number of hydrogen-bond donors (Lipinski definition) is 2. The van der Waals surface area contributed by atoms with E-state index < -0.39 is 0 Å². The number of guanidine groups is 1. The van der Waals surface area contributed by atoms with Gasteiger partial charge in [-0.15, -0.1) is 30.6 Å². The number of ether oxygens (including phenoxy) is 3. The molecule has 1 fully saturated rings. The lowest BCUT2D eigenvalue weighted by Gasteiger charge is -2.32. The van der Waals surface area contributed by atoms with Crippen LogP contribution in [-0.2, 0) is 6.42 Å². The van der Waals surface area contributed by atoms with Gasteiger partial charge in [-0.05, 0) is 19.3 Å². The molecule has 8 heteroatoms. The first-order valence-corrected chi connectivity index (χ1v) is 9.74. The van der Waals surface area contributed by atoms with Crippen LogP contribution in [0.2, 0.25) is 0 Å². The molecule has 0 unspecified atom stereocenters. The van der Waals surface area contributed by atoms with E-state index in [0.717, 1.165) is 61.9 Å². The Labute approximate surface area is 191 Å². The van der Waals surface area contributed by atoms with Crippen molar-refractivity contribution in [3.8, 4) is 17.2 Å². The smallest absolute Gasteiger partial charge is 0.191 e. The molecule has 164 valence electrons. The molecule has 0 atom stereocenters. The minimum atomic E-state index is 0. The molecule has 0 saturated carbocycles. The lowest BCUT2D eigenvalue weighted by molar-refractivity contribution is 0.225. The Morgan fingerprint density at radius 2 is 1.79 bits per heavy atom. The second-order valence-electron chi connectivity index (χ2n) is 6.77. The van der Waals surface area contributed by atoms with Gasteiger partial charge in [0.2, 0.25) is 0 Å². The van der Waals surface area contributed by atoms with Crippen LogP contribution in [0.5, 0.6) is 17.2 Å². The molecule has 2 N–H and O–H groups in total. The Hall–Kier alpha value is -1.68. The van der Waals surface area contributed by atoms with Gasteiger partial charge in [0.05, 0.1) is 21.3 Å².